The Bertz CT molecular complexity index is 637. The smallest absolute Gasteiger partial charge is 0.253 e. The van der Waals surface area contributed by atoms with Crippen LogP contribution in [0.5, 0.6) is 0 Å². The van der Waals surface area contributed by atoms with Crippen molar-refractivity contribution in [1.82, 2.24) is 9.80 Å². The van der Waals surface area contributed by atoms with Crippen molar-refractivity contribution in [2.75, 3.05) is 45.7 Å². The van der Waals surface area contributed by atoms with Crippen LogP contribution >= 0.6 is 11.8 Å². The highest BCUT2D eigenvalue weighted by atomic mass is 32.2. The Hall–Kier alpha value is -1.57. The van der Waals surface area contributed by atoms with E-state index in [-0.39, 0.29) is 30.4 Å². The summed E-state index contributed by atoms with van der Waals surface area (Å²) in [5, 5.41) is 8.90. The number of hydrogen-bond donors (Lipinski definition) is 1. The van der Waals surface area contributed by atoms with Crippen LogP contribution in [0.2, 0.25) is 0 Å². The Balaban J connectivity index is 1.69. The van der Waals surface area contributed by atoms with E-state index in [1.807, 2.05) is 34.1 Å². The van der Waals surface area contributed by atoms with Crippen molar-refractivity contribution < 1.29 is 19.4 Å². The molecule has 0 spiro atoms. The van der Waals surface area contributed by atoms with E-state index in [9.17, 15) is 9.59 Å². The van der Waals surface area contributed by atoms with E-state index >= 15 is 0 Å². The molecule has 26 heavy (non-hydrogen) atoms. The molecule has 3 aliphatic heterocycles. The molecule has 1 N–H and O–H groups in total. The summed E-state index contributed by atoms with van der Waals surface area (Å²) in [5.74, 6) is 0.683. The van der Waals surface area contributed by atoms with E-state index in [2.05, 4.69) is 0 Å². The van der Waals surface area contributed by atoms with Gasteiger partial charge in [-0.25, -0.2) is 0 Å². The molecular weight excluding hydrogens is 352 g/mol. The third-order valence-corrected chi connectivity index (χ3v) is 6.07. The Kier molecular flexibility index (Phi) is 6.56. The van der Waals surface area contributed by atoms with Gasteiger partial charge in [0.2, 0.25) is 5.91 Å². The molecular formula is C19H26N2O4S. The highest BCUT2D eigenvalue weighted by Crippen LogP contribution is 2.30. The van der Waals surface area contributed by atoms with Gasteiger partial charge >= 0.3 is 0 Å². The monoisotopic (exact) mass is 378 g/mol. The van der Waals surface area contributed by atoms with Gasteiger partial charge in [-0.05, 0) is 37.1 Å². The molecule has 0 aromatic heterocycles. The number of thioether (sulfide) groups is 1. The average Bonchev–Trinajstić information content (AvgIpc) is 2.96. The van der Waals surface area contributed by atoms with Crippen LogP contribution in [0.4, 0.5) is 0 Å². The largest absolute Gasteiger partial charge is 0.396 e. The molecule has 0 aliphatic carbocycles. The molecule has 6 nitrogen and oxygen atoms in total. The van der Waals surface area contributed by atoms with Crippen molar-refractivity contribution in [3.05, 3.63) is 29.8 Å². The van der Waals surface area contributed by atoms with Crippen LogP contribution in [0.3, 0.4) is 0 Å². The summed E-state index contributed by atoms with van der Waals surface area (Å²) in [4.78, 5) is 30.4. The number of fused-ring (bicyclic) bond motifs is 4. The fourth-order valence-corrected chi connectivity index (χ4v) is 4.39. The maximum absolute atomic E-state index is 12.9. The molecule has 0 saturated carbocycles. The van der Waals surface area contributed by atoms with Gasteiger partial charge < -0.3 is 19.6 Å². The second kappa shape index (κ2) is 8.88. The van der Waals surface area contributed by atoms with Crippen LogP contribution in [0.1, 0.15) is 23.2 Å². The molecule has 3 heterocycles. The zero-order chi connectivity index (χ0) is 18.5. The Morgan fingerprint density at radius 1 is 1.27 bits per heavy atom. The van der Waals surface area contributed by atoms with Crippen molar-refractivity contribution in [3.63, 3.8) is 0 Å². The zero-order valence-corrected chi connectivity index (χ0v) is 15.9. The Morgan fingerprint density at radius 3 is 2.73 bits per heavy atom. The van der Waals surface area contributed by atoms with Crippen molar-refractivity contribution in [3.8, 4) is 0 Å². The minimum Gasteiger partial charge on any atom is -0.396 e. The molecule has 2 atom stereocenters. The van der Waals surface area contributed by atoms with Gasteiger partial charge in [0.25, 0.3) is 5.91 Å². The predicted octanol–water partition coefficient (Wildman–Crippen LogP) is 1.48. The lowest BCUT2D eigenvalue weighted by molar-refractivity contribution is -0.140. The number of aliphatic hydroxyl groups excluding tert-OH is 1. The molecule has 4 rings (SSSR count). The third-order valence-electron chi connectivity index (χ3n) is 5.08. The van der Waals surface area contributed by atoms with Crippen molar-refractivity contribution in [2.45, 2.75) is 23.8 Å². The van der Waals surface area contributed by atoms with Crippen molar-refractivity contribution in [1.29, 1.82) is 0 Å². The summed E-state index contributed by atoms with van der Waals surface area (Å²) in [5.41, 5.74) is 0.649. The van der Waals surface area contributed by atoms with Crippen LogP contribution in [-0.2, 0) is 9.53 Å². The van der Waals surface area contributed by atoms with E-state index in [1.54, 1.807) is 18.9 Å². The molecule has 142 valence electrons. The molecule has 0 radical (unpaired) electrons. The van der Waals surface area contributed by atoms with Crippen LogP contribution < -0.4 is 0 Å². The predicted molar refractivity (Wildman–Crippen MR) is 100 cm³/mol. The van der Waals surface area contributed by atoms with Gasteiger partial charge in [-0.2, -0.15) is 0 Å². The fourth-order valence-electron chi connectivity index (χ4n) is 3.73. The third kappa shape index (κ3) is 4.22. The number of carbonyl (C=O) groups is 2. The van der Waals surface area contributed by atoms with Gasteiger partial charge in [0.1, 0.15) is 0 Å². The number of carbonyl (C=O) groups excluding carboxylic acids is 2. The number of hydrogen-bond acceptors (Lipinski definition) is 5. The second-order valence-electron chi connectivity index (χ2n) is 6.76. The molecule has 2 bridgehead atoms. The van der Waals surface area contributed by atoms with Gasteiger partial charge in [0.15, 0.2) is 0 Å². The first kappa shape index (κ1) is 19.2. The van der Waals surface area contributed by atoms with Gasteiger partial charge in [0.05, 0.1) is 19.1 Å². The number of nitrogens with zero attached hydrogens (tertiary/aromatic N) is 2. The number of methoxy groups -OCH3 is 1. The number of ether oxygens (including phenoxy) is 1. The Morgan fingerprint density at radius 2 is 2.04 bits per heavy atom. The fraction of sp³-hybridized carbons (Fsp3) is 0.579. The van der Waals surface area contributed by atoms with Crippen molar-refractivity contribution >= 4 is 23.6 Å². The molecule has 1 aromatic carbocycles. The highest BCUT2D eigenvalue weighted by molar-refractivity contribution is 7.99. The minimum absolute atomic E-state index is 0.0120. The van der Waals surface area contributed by atoms with E-state index in [4.69, 9.17) is 9.84 Å². The molecule has 3 saturated heterocycles. The van der Waals surface area contributed by atoms with Gasteiger partial charge in [-0.1, -0.05) is 0 Å². The lowest BCUT2D eigenvalue weighted by Crippen LogP contribution is -2.49. The van der Waals surface area contributed by atoms with E-state index in [0.717, 1.165) is 17.7 Å². The van der Waals surface area contributed by atoms with Crippen LogP contribution in [-0.4, -0.2) is 78.5 Å². The summed E-state index contributed by atoms with van der Waals surface area (Å²) in [6, 6.07) is 7.57. The molecule has 1 aromatic rings. The van der Waals surface area contributed by atoms with Crippen LogP contribution in [0.25, 0.3) is 0 Å². The number of amides is 2. The lowest BCUT2D eigenvalue weighted by Gasteiger charge is -2.35. The topological polar surface area (TPSA) is 70.1 Å². The summed E-state index contributed by atoms with van der Waals surface area (Å²) in [6.07, 6.45) is 1.80. The first-order valence-corrected chi connectivity index (χ1v) is 10.0. The van der Waals surface area contributed by atoms with E-state index in [1.165, 1.54) is 0 Å². The van der Waals surface area contributed by atoms with Crippen molar-refractivity contribution in [2.24, 2.45) is 5.92 Å². The molecule has 2 amide bonds. The summed E-state index contributed by atoms with van der Waals surface area (Å²) in [7, 11) is 1.64. The zero-order valence-electron chi connectivity index (χ0n) is 15.1. The summed E-state index contributed by atoms with van der Waals surface area (Å²) >= 11 is 1.56. The normalized spacial score (nSPS) is 22.6. The maximum Gasteiger partial charge on any atom is 0.253 e. The molecule has 3 aliphatic rings. The Labute approximate surface area is 158 Å². The summed E-state index contributed by atoms with van der Waals surface area (Å²) in [6.45, 7) is 2.34. The van der Waals surface area contributed by atoms with Crippen LogP contribution in [0, 0.1) is 5.92 Å². The minimum atomic E-state index is -0.103. The molecule has 3 fully saturated rings. The maximum atomic E-state index is 12.9. The van der Waals surface area contributed by atoms with E-state index < -0.39 is 0 Å². The average molecular weight is 378 g/mol. The van der Waals surface area contributed by atoms with Gasteiger partial charge in [-0.3, -0.25) is 9.59 Å². The molecule has 7 heteroatoms. The molecule has 0 unspecified atom stereocenters. The highest BCUT2D eigenvalue weighted by Gasteiger charge is 2.41. The van der Waals surface area contributed by atoms with E-state index in [0.29, 0.717) is 37.6 Å². The number of piperidine rings is 1. The van der Waals surface area contributed by atoms with Gasteiger partial charge in [-0.15, -0.1) is 11.8 Å². The quantitative estimate of drug-likeness (QED) is 0.728. The first-order chi connectivity index (χ1) is 12.6. The first-order valence-electron chi connectivity index (χ1n) is 9.06. The number of benzene rings is 1. The second-order valence-corrected chi connectivity index (χ2v) is 7.93. The SMILES string of the molecule is COCCN1C(=O)[C@H]2CC[C@@H]1CN(C(=O)c1ccc(SCCO)cc1)C2. The van der Waals surface area contributed by atoms with Crippen LogP contribution in [0.15, 0.2) is 29.2 Å². The summed E-state index contributed by atoms with van der Waals surface area (Å²) < 4.78 is 5.13. The number of aliphatic hydroxyl groups is 1. The standard InChI is InChI=1S/C19H26N2O4S/c1-25-10-8-21-16-5-2-15(19(21)24)12-20(13-16)18(23)14-3-6-17(7-4-14)26-11-9-22/h3-4,6-7,15-16,22H,2,5,8-13H2,1H3/t15-,16+/m0/s1. The van der Waals surface area contributed by atoms with Gasteiger partial charge in [0, 0.05) is 49.0 Å². The lowest BCUT2D eigenvalue weighted by atomic mass is 9.94. The number of rotatable bonds is 7.